The maximum atomic E-state index is 12.6. The molecule has 314 valence electrons. The molecule has 14 nitrogen and oxygen atoms in total. The van der Waals surface area contributed by atoms with Crippen LogP contribution in [-0.4, -0.2) is 68.7 Å². The summed E-state index contributed by atoms with van der Waals surface area (Å²) >= 11 is 5.98. The first kappa shape index (κ1) is 44.6. The number of halogens is 1. The summed E-state index contributed by atoms with van der Waals surface area (Å²) < 4.78 is 5.37. The van der Waals surface area contributed by atoms with Gasteiger partial charge in [-0.2, -0.15) is 4.98 Å². The largest absolute Gasteiger partial charge is 0.444 e. The lowest BCUT2D eigenvalue weighted by Crippen LogP contribution is -2.35. The van der Waals surface area contributed by atoms with E-state index >= 15 is 0 Å². The molecule has 0 atom stereocenters. The zero-order chi connectivity index (χ0) is 43.4. The fourth-order valence-electron chi connectivity index (χ4n) is 5.72. The summed E-state index contributed by atoms with van der Waals surface area (Å²) in [6.07, 6.45) is 0.345. The standard InChI is InChI=1S/C27H36N6O3.C18H17ClN4O/c1-18(2)22-17-23(28-14-9-15-33(6)26(35)36-27(3,4)5)31-24(30-22)32-25(34)29-21-13-12-19-10-7-8-11-20(19)16-21;1-11(2)15-10-16(19)22-17(21-15)23-18(24)20-14-8-7-12-5-3-4-6-13(12)9-14/h7-8,10-13,16-18H,9,14-15H2,1-6H3,(H3,28,29,30,31,32,34);3-11H,1-2H3,(H2,20,21,22,23,24). The number of hydrogen-bond donors (Lipinski definition) is 5. The van der Waals surface area contributed by atoms with Gasteiger partial charge in [0.2, 0.25) is 11.9 Å². The molecule has 0 saturated heterocycles. The van der Waals surface area contributed by atoms with Crippen LogP contribution in [0.4, 0.5) is 43.5 Å². The van der Waals surface area contributed by atoms with E-state index < -0.39 is 17.7 Å². The molecular weight excluding hydrogens is 780 g/mol. The number of fused-ring (bicyclic) bond motifs is 2. The minimum atomic E-state index is -0.526. The smallest absolute Gasteiger partial charge is 0.410 e. The lowest BCUT2D eigenvalue weighted by Gasteiger charge is -2.24. The third-order valence-corrected chi connectivity index (χ3v) is 8.98. The highest BCUT2D eigenvalue weighted by Crippen LogP contribution is 2.22. The summed E-state index contributed by atoms with van der Waals surface area (Å²) in [5.74, 6) is 1.34. The quantitative estimate of drug-likeness (QED) is 0.0628. The van der Waals surface area contributed by atoms with Crippen LogP contribution >= 0.6 is 11.6 Å². The van der Waals surface area contributed by atoms with Gasteiger partial charge in [-0.15, -0.1) is 0 Å². The van der Waals surface area contributed by atoms with E-state index in [4.69, 9.17) is 16.3 Å². The predicted molar refractivity (Wildman–Crippen MR) is 242 cm³/mol. The van der Waals surface area contributed by atoms with Crippen LogP contribution in [0.5, 0.6) is 0 Å². The molecule has 6 rings (SSSR count). The van der Waals surface area contributed by atoms with Crippen LogP contribution in [-0.2, 0) is 4.74 Å². The number of amides is 5. The molecule has 0 aliphatic rings. The van der Waals surface area contributed by atoms with Crippen molar-refractivity contribution < 1.29 is 19.1 Å². The molecule has 2 aromatic heterocycles. The third kappa shape index (κ3) is 13.8. The lowest BCUT2D eigenvalue weighted by atomic mass is 10.1. The maximum Gasteiger partial charge on any atom is 0.410 e. The number of benzene rings is 4. The monoisotopic (exact) mass is 832 g/mol. The summed E-state index contributed by atoms with van der Waals surface area (Å²) in [5.41, 5.74) is 2.42. The van der Waals surface area contributed by atoms with Crippen LogP contribution in [0, 0.1) is 0 Å². The van der Waals surface area contributed by atoms with Gasteiger partial charge >= 0.3 is 18.2 Å². The van der Waals surface area contributed by atoms with Crippen molar-refractivity contribution in [3.8, 4) is 0 Å². The van der Waals surface area contributed by atoms with Gasteiger partial charge in [-0.05, 0) is 90.9 Å². The van der Waals surface area contributed by atoms with Gasteiger partial charge in [0.15, 0.2) is 0 Å². The van der Waals surface area contributed by atoms with Gasteiger partial charge in [0, 0.05) is 37.6 Å². The molecule has 15 heteroatoms. The van der Waals surface area contributed by atoms with E-state index in [0.29, 0.717) is 41.9 Å². The van der Waals surface area contributed by atoms with Crippen molar-refractivity contribution in [2.45, 2.75) is 72.3 Å². The van der Waals surface area contributed by atoms with Crippen molar-refractivity contribution in [3.05, 3.63) is 114 Å². The van der Waals surface area contributed by atoms with Gasteiger partial charge in [-0.1, -0.05) is 100.0 Å². The molecule has 0 aliphatic carbocycles. The van der Waals surface area contributed by atoms with Gasteiger partial charge in [-0.25, -0.2) is 29.3 Å². The van der Waals surface area contributed by atoms with Gasteiger partial charge in [-0.3, -0.25) is 10.6 Å². The molecule has 0 saturated carbocycles. The molecule has 0 fully saturated rings. The van der Waals surface area contributed by atoms with Crippen LogP contribution in [0.15, 0.2) is 97.1 Å². The van der Waals surface area contributed by atoms with Crippen molar-refractivity contribution >= 4 is 80.4 Å². The summed E-state index contributed by atoms with van der Waals surface area (Å²) in [5, 5.41) is 18.8. The van der Waals surface area contributed by atoms with E-state index in [1.807, 2.05) is 139 Å². The van der Waals surface area contributed by atoms with E-state index in [2.05, 4.69) is 46.5 Å². The van der Waals surface area contributed by atoms with Gasteiger partial charge in [0.25, 0.3) is 0 Å². The van der Waals surface area contributed by atoms with Crippen LogP contribution in [0.3, 0.4) is 0 Å². The van der Waals surface area contributed by atoms with Crippen LogP contribution in [0.2, 0.25) is 5.15 Å². The molecule has 0 radical (unpaired) electrons. The predicted octanol–water partition coefficient (Wildman–Crippen LogP) is 11.1. The molecular formula is C45H53ClN10O4. The average molecular weight is 833 g/mol. The molecule has 5 amide bonds. The number of urea groups is 2. The first-order chi connectivity index (χ1) is 28.5. The average Bonchev–Trinajstić information content (AvgIpc) is 3.18. The molecule has 0 spiro atoms. The van der Waals surface area contributed by atoms with Crippen LogP contribution < -0.4 is 26.6 Å². The van der Waals surface area contributed by atoms with Gasteiger partial charge in [0.05, 0.1) is 11.4 Å². The van der Waals surface area contributed by atoms with E-state index in [9.17, 15) is 14.4 Å². The number of hydrogen-bond acceptors (Lipinski definition) is 9. The minimum absolute atomic E-state index is 0.149. The summed E-state index contributed by atoms with van der Waals surface area (Å²) in [7, 11) is 1.71. The molecule has 4 aromatic carbocycles. The zero-order valence-corrected chi connectivity index (χ0v) is 36.0. The van der Waals surface area contributed by atoms with Gasteiger partial charge < -0.3 is 25.6 Å². The molecule has 6 aromatic rings. The highest BCUT2D eigenvalue weighted by atomic mass is 35.5. The number of ether oxygens (including phenoxy) is 1. The number of carbonyl (C=O) groups excluding carboxylic acids is 3. The molecule has 0 aliphatic heterocycles. The zero-order valence-electron chi connectivity index (χ0n) is 35.3. The fraction of sp³-hybridized carbons (Fsp3) is 0.311. The molecule has 0 bridgehead atoms. The Morgan fingerprint density at radius 2 is 1.13 bits per heavy atom. The Bertz CT molecular complexity index is 2440. The summed E-state index contributed by atoms with van der Waals surface area (Å²) in [6.45, 7) is 14.7. The number of nitrogens with one attached hydrogen (secondary N) is 5. The summed E-state index contributed by atoms with van der Waals surface area (Å²) in [6, 6.07) is 30.1. The Labute approximate surface area is 355 Å². The van der Waals surface area contributed by atoms with Gasteiger partial charge in [0.1, 0.15) is 16.6 Å². The Hall–Kier alpha value is -6.54. The second-order valence-corrected chi connectivity index (χ2v) is 16.1. The SMILES string of the molecule is CC(C)c1cc(Cl)nc(NC(=O)Nc2ccc3ccccc3c2)n1.CC(C)c1cc(NCCCN(C)C(=O)OC(C)(C)C)nc(NC(=O)Nc2ccc3ccccc3c2)n1. The van der Waals surface area contributed by atoms with Crippen molar-refractivity contribution in [2.75, 3.05) is 46.7 Å². The second kappa shape index (κ2) is 20.4. The first-order valence-electron chi connectivity index (χ1n) is 19.8. The number of rotatable bonds is 11. The van der Waals surface area contributed by atoms with Crippen molar-refractivity contribution in [2.24, 2.45) is 0 Å². The van der Waals surface area contributed by atoms with Crippen molar-refractivity contribution in [1.82, 2.24) is 24.8 Å². The molecule has 60 heavy (non-hydrogen) atoms. The highest BCUT2D eigenvalue weighted by Gasteiger charge is 2.19. The second-order valence-electron chi connectivity index (χ2n) is 15.7. The van der Waals surface area contributed by atoms with E-state index in [1.54, 1.807) is 18.0 Å². The number of anilines is 5. The minimum Gasteiger partial charge on any atom is -0.444 e. The van der Waals surface area contributed by atoms with E-state index in [-0.39, 0.29) is 29.8 Å². The first-order valence-corrected chi connectivity index (χ1v) is 20.1. The Balaban J connectivity index is 0.000000246. The fourth-order valence-corrected chi connectivity index (χ4v) is 5.91. The normalized spacial score (nSPS) is 11.1. The Morgan fingerprint density at radius 3 is 1.63 bits per heavy atom. The van der Waals surface area contributed by atoms with Crippen LogP contribution in [0.25, 0.3) is 21.5 Å². The Morgan fingerprint density at radius 1 is 0.650 bits per heavy atom. The number of carbonyl (C=O) groups is 3. The number of aromatic nitrogens is 4. The van der Waals surface area contributed by atoms with Crippen molar-refractivity contribution in [3.63, 3.8) is 0 Å². The molecule has 0 unspecified atom stereocenters. The van der Waals surface area contributed by atoms with Crippen molar-refractivity contribution in [1.29, 1.82) is 0 Å². The third-order valence-electron chi connectivity index (χ3n) is 8.79. The molecule has 5 N–H and O–H groups in total. The molecule has 2 heterocycles. The number of nitrogens with zero attached hydrogens (tertiary/aromatic N) is 5. The topological polar surface area (TPSA) is 175 Å². The highest BCUT2D eigenvalue weighted by molar-refractivity contribution is 6.29. The lowest BCUT2D eigenvalue weighted by molar-refractivity contribution is 0.0298. The van der Waals surface area contributed by atoms with Crippen LogP contribution in [0.1, 0.15) is 78.1 Å². The van der Waals surface area contributed by atoms with E-state index in [1.165, 1.54) is 0 Å². The summed E-state index contributed by atoms with van der Waals surface area (Å²) in [4.78, 5) is 55.7. The van der Waals surface area contributed by atoms with E-state index in [0.717, 1.165) is 32.9 Å². The Kier molecular flexibility index (Phi) is 15.2. The maximum absolute atomic E-state index is 12.6.